The first-order valence-corrected chi connectivity index (χ1v) is 3.64. The molecule has 0 saturated carbocycles. The smallest absolute Gasteiger partial charge is 0.193 e. The Kier molecular flexibility index (Phi) is 21.6. The van der Waals surface area contributed by atoms with Crippen molar-refractivity contribution in [2.75, 3.05) is 0 Å². The van der Waals surface area contributed by atoms with E-state index in [1.54, 1.807) is 12.1 Å². The van der Waals surface area contributed by atoms with Gasteiger partial charge in [-0.25, -0.2) is 0 Å². The molecule has 0 aliphatic heterocycles. The van der Waals surface area contributed by atoms with Crippen LogP contribution in [0.4, 0.5) is 0 Å². The van der Waals surface area contributed by atoms with E-state index < -0.39 is 9.67 Å². The monoisotopic (exact) mass is 324 g/mol. The summed E-state index contributed by atoms with van der Waals surface area (Å²) in [7, 11) is 0. The van der Waals surface area contributed by atoms with Crippen molar-refractivity contribution < 1.29 is 20.4 Å². The molecule has 0 fully saturated rings. The summed E-state index contributed by atoms with van der Waals surface area (Å²) in [4.78, 5) is -1.73. The molecule has 11 heavy (non-hydrogen) atoms. The van der Waals surface area contributed by atoms with E-state index in [9.17, 15) is 0 Å². The Morgan fingerprint density at radius 3 is 0.909 bits per heavy atom. The fraction of sp³-hybridized carbons (Fsp3) is 0.500. The van der Waals surface area contributed by atoms with Crippen LogP contribution in [0.5, 0.6) is 0 Å². The Morgan fingerprint density at radius 1 is 0.818 bits per heavy atom. The number of alkyl halides is 4. The van der Waals surface area contributed by atoms with E-state index in [1.165, 1.54) is 0 Å². The molecule has 0 aromatic carbocycles. The quantitative estimate of drug-likeness (QED) is 0.507. The average molecular weight is 326 g/mol. The summed E-state index contributed by atoms with van der Waals surface area (Å²) in [6, 6.07) is 3.12. The van der Waals surface area contributed by atoms with Gasteiger partial charge in [-0.1, -0.05) is 46.4 Å². The van der Waals surface area contributed by atoms with Crippen molar-refractivity contribution in [3.63, 3.8) is 0 Å². The Balaban J connectivity index is -0.000000107. The van der Waals surface area contributed by atoms with Crippen LogP contribution in [-0.4, -0.2) is 9.67 Å². The normalized spacial score (nSPS) is 6.91. The zero-order chi connectivity index (χ0) is 8.57. The molecule has 0 spiro atoms. The van der Waals surface area contributed by atoms with Crippen LogP contribution in [0.2, 0.25) is 0 Å². The molecule has 0 heterocycles. The van der Waals surface area contributed by atoms with Crippen molar-refractivity contribution in [3.8, 4) is 12.1 Å². The van der Waals surface area contributed by atoms with Crippen LogP contribution in [0.3, 0.4) is 0 Å². The van der Waals surface area contributed by atoms with Crippen LogP contribution in [0.1, 0.15) is 0 Å². The summed E-state index contributed by atoms with van der Waals surface area (Å²) in [6.07, 6.45) is 0. The molecule has 66 valence electrons. The molecule has 0 radical (unpaired) electrons. The first-order valence-electron chi connectivity index (χ1n) is 1.90. The fourth-order valence-corrected chi connectivity index (χ4v) is 0. The summed E-state index contributed by atoms with van der Waals surface area (Å²) < 4.78 is 0. The van der Waals surface area contributed by atoms with E-state index in [1.807, 2.05) is 0 Å². The van der Waals surface area contributed by atoms with E-state index in [0.29, 0.717) is 0 Å². The number of rotatable bonds is 0. The number of hydrogen-bond donors (Lipinski definition) is 0. The van der Waals surface area contributed by atoms with Crippen LogP contribution in [0.25, 0.3) is 0 Å². The summed E-state index contributed by atoms with van der Waals surface area (Å²) in [5.74, 6) is 0. The summed E-state index contributed by atoms with van der Waals surface area (Å²) >= 11 is 19.5. The molecule has 0 rings (SSSR count). The van der Waals surface area contributed by atoms with Crippen molar-refractivity contribution in [1.29, 1.82) is 10.5 Å². The first kappa shape index (κ1) is 17.8. The van der Waals surface area contributed by atoms with E-state index in [2.05, 4.69) is 0 Å². The number of nitriles is 2. The number of nitrogens with zero attached hydrogens (tertiary/aromatic N) is 2. The van der Waals surface area contributed by atoms with Gasteiger partial charge in [0.05, 0.1) is 12.1 Å². The molecule has 0 atom stereocenters. The molecule has 0 N–H and O–H groups in total. The predicted molar refractivity (Wildman–Crippen MR) is 42.2 cm³/mol. The molecular formula is C4H2Cl4N2Pd. The molecule has 0 aliphatic carbocycles. The molecule has 0 amide bonds. The molecule has 0 saturated heterocycles. The minimum absolute atomic E-state index is 0. The molecule has 0 bridgehead atoms. The molecular weight excluding hydrogens is 324 g/mol. The van der Waals surface area contributed by atoms with Gasteiger partial charge in [-0.2, -0.15) is 10.5 Å². The van der Waals surface area contributed by atoms with Crippen molar-refractivity contribution in [3.05, 3.63) is 0 Å². The molecule has 0 unspecified atom stereocenters. The summed E-state index contributed by atoms with van der Waals surface area (Å²) in [5, 5.41) is 15.3. The summed E-state index contributed by atoms with van der Waals surface area (Å²) in [5.41, 5.74) is 0. The maximum atomic E-state index is 7.63. The fourth-order valence-electron chi connectivity index (χ4n) is 0. The second kappa shape index (κ2) is 13.4. The third kappa shape index (κ3) is 36.3. The Hall–Kier alpha value is 0.802. The second-order valence-electron chi connectivity index (χ2n) is 0.860. The topological polar surface area (TPSA) is 47.6 Å². The van der Waals surface area contributed by atoms with Gasteiger partial charge in [-0.3, -0.25) is 0 Å². The van der Waals surface area contributed by atoms with Gasteiger partial charge in [0, 0.05) is 20.4 Å². The van der Waals surface area contributed by atoms with Crippen LogP contribution in [0, 0.1) is 22.7 Å². The van der Waals surface area contributed by atoms with Crippen molar-refractivity contribution in [2.24, 2.45) is 0 Å². The zero-order valence-corrected chi connectivity index (χ0v) is 9.46. The SMILES string of the molecule is N#CC(Cl)Cl.N#CC(Cl)Cl.[Pd]. The third-order valence-corrected chi connectivity index (χ3v) is 0.586. The largest absolute Gasteiger partial charge is 0.195 e. The second-order valence-corrected chi connectivity index (χ2v) is 3.05. The number of halogens is 4. The molecule has 2 nitrogen and oxygen atoms in total. The first-order chi connectivity index (χ1) is 4.54. The third-order valence-electron chi connectivity index (χ3n) is 0.195. The van der Waals surface area contributed by atoms with Gasteiger partial charge >= 0.3 is 0 Å². The van der Waals surface area contributed by atoms with Crippen molar-refractivity contribution in [2.45, 2.75) is 9.67 Å². The molecule has 7 heteroatoms. The van der Waals surface area contributed by atoms with Crippen LogP contribution in [-0.2, 0) is 20.4 Å². The van der Waals surface area contributed by atoms with Gasteiger partial charge in [0.25, 0.3) is 0 Å². The van der Waals surface area contributed by atoms with Gasteiger partial charge < -0.3 is 0 Å². The minimum atomic E-state index is -0.866. The van der Waals surface area contributed by atoms with Crippen molar-refractivity contribution >= 4 is 46.4 Å². The molecule has 0 aromatic rings. The van der Waals surface area contributed by atoms with E-state index in [0.717, 1.165) is 0 Å². The van der Waals surface area contributed by atoms with Gasteiger partial charge in [0.15, 0.2) is 9.67 Å². The van der Waals surface area contributed by atoms with Crippen LogP contribution in [0.15, 0.2) is 0 Å². The van der Waals surface area contributed by atoms with Gasteiger partial charge in [0.2, 0.25) is 0 Å². The van der Waals surface area contributed by atoms with Crippen LogP contribution >= 0.6 is 46.4 Å². The maximum absolute atomic E-state index is 7.63. The van der Waals surface area contributed by atoms with Crippen LogP contribution < -0.4 is 0 Å². The zero-order valence-electron chi connectivity index (χ0n) is 4.88. The standard InChI is InChI=1S/2C2HCl2N.Pd/c2*3-2(4)1-5;/h2*2H;. The van der Waals surface area contributed by atoms with Crippen molar-refractivity contribution in [1.82, 2.24) is 0 Å². The maximum Gasteiger partial charge on any atom is 0.193 e. The molecule has 0 aromatic heterocycles. The van der Waals surface area contributed by atoms with Gasteiger partial charge in [-0.05, 0) is 0 Å². The number of hydrogen-bond acceptors (Lipinski definition) is 2. The van der Waals surface area contributed by atoms with E-state index >= 15 is 0 Å². The Labute approximate surface area is 98.6 Å². The van der Waals surface area contributed by atoms with Gasteiger partial charge in [0.1, 0.15) is 0 Å². The van der Waals surface area contributed by atoms with Gasteiger partial charge in [-0.15, -0.1) is 0 Å². The van der Waals surface area contributed by atoms with E-state index in [-0.39, 0.29) is 20.4 Å². The minimum Gasteiger partial charge on any atom is -0.195 e. The average Bonchev–Trinajstić information content (AvgIpc) is 1.89. The Morgan fingerprint density at radius 2 is 0.909 bits per heavy atom. The Bertz CT molecular complexity index is 129. The molecule has 0 aliphatic rings. The van der Waals surface area contributed by atoms with E-state index in [4.69, 9.17) is 56.9 Å². The summed E-state index contributed by atoms with van der Waals surface area (Å²) in [6.45, 7) is 0. The predicted octanol–water partition coefficient (Wildman–Crippen LogP) is 2.62.